The van der Waals surface area contributed by atoms with Crippen LogP contribution < -0.4 is 18.9 Å². The van der Waals surface area contributed by atoms with Crippen molar-refractivity contribution in [3.05, 3.63) is 133 Å². The molecule has 0 saturated carbocycles. The van der Waals surface area contributed by atoms with Gasteiger partial charge in [0.25, 0.3) is 0 Å². The Morgan fingerprint density at radius 1 is 0.528 bits per heavy atom. The average molecular weight is 721 g/mol. The predicted molar refractivity (Wildman–Crippen MR) is 203 cm³/mol. The molecule has 3 aromatic rings. The number of ether oxygens (including phenoxy) is 7. The minimum Gasteiger partial charge on any atom is -0.490 e. The van der Waals surface area contributed by atoms with E-state index < -0.39 is 17.9 Å². The highest BCUT2D eigenvalue weighted by atomic mass is 16.6. The van der Waals surface area contributed by atoms with E-state index in [2.05, 4.69) is 44.7 Å². The largest absolute Gasteiger partial charge is 0.490 e. The van der Waals surface area contributed by atoms with E-state index in [4.69, 9.17) is 33.2 Å². The standard InChI is InChI=1S/C43H44O10/c1-28(2)32(9)47-20-23-50-39-27-38(34-14-18-37(19-15-34)49-22-25-52-42(45)30(5)6)40(53-43(46)31(7)8)26-35(39)13-10-33-11-16-36(17-12-33)48-21-24-51-41(44)29(3)4/h11-12,14-19,26-27H,1,3,5,7,9,20-25H2,2,4,6,8H3. The Balaban J connectivity index is 1.91. The number of hydrogen-bond donors (Lipinski definition) is 0. The molecule has 0 N–H and O–H groups in total. The van der Waals surface area contributed by atoms with Crippen LogP contribution in [-0.2, 0) is 28.6 Å². The molecule has 0 saturated heterocycles. The summed E-state index contributed by atoms with van der Waals surface area (Å²) in [5, 5.41) is 0. The van der Waals surface area contributed by atoms with E-state index in [-0.39, 0.29) is 51.0 Å². The zero-order valence-electron chi connectivity index (χ0n) is 30.6. The summed E-state index contributed by atoms with van der Waals surface area (Å²) in [6.07, 6.45) is 0. The van der Waals surface area contributed by atoms with E-state index in [1.165, 1.54) is 0 Å². The van der Waals surface area contributed by atoms with E-state index in [9.17, 15) is 14.4 Å². The van der Waals surface area contributed by atoms with Gasteiger partial charge < -0.3 is 33.2 Å². The molecule has 10 nitrogen and oxygen atoms in total. The lowest BCUT2D eigenvalue weighted by molar-refractivity contribution is -0.140. The topological polar surface area (TPSA) is 116 Å². The van der Waals surface area contributed by atoms with Crippen molar-refractivity contribution in [2.24, 2.45) is 0 Å². The van der Waals surface area contributed by atoms with Crippen molar-refractivity contribution >= 4 is 17.9 Å². The summed E-state index contributed by atoms with van der Waals surface area (Å²) in [7, 11) is 0. The van der Waals surface area contributed by atoms with Crippen molar-refractivity contribution in [2.75, 3.05) is 39.6 Å². The quantitative estimate of drug-likeness (QED) is 0.0232. The van der Waals surface area contributed by atoms with Crippen LogP contribution in [0.2, 0.25) is 0 Å². The van der Waals surface area contributed by atoms with E-state index in [0.29, 0.717) is 62.0 Å². The molecule has 0 aromatic heterocycles. The summed E-state index contributed by atoms with van der Waals surface area (Å²) in [6.45, 7) is 25.8. The van der Waals surface area contributed by atoms with E-state index in [0.717, 1.165) is 0 Å². The Bertz CT molecular complexity index is 1920. The maximum Gasteiger partial charge on any atom is 0.338 e. The van der Waals surface area contributed by atoms with Crippen LogP contribution in [0, 0.1) is 11.8 Å². The minimum absolute atomic E-state index is 0.0633. The second-order valence-electron chi connectivity index (χ2n) is 11.7. The number of esters is 3. The third-order valence-electron chi connectivity index (χ3n) is 6.95. The number of allylic oxidation sites excluding steroid dienone is 1. The molecule has 276 valence electrons. The van der Waals surface area contributed by atoms with Gasteiger partial charge in [-0.05, 0) is 81.3 Å². The molecular formula is C43H44O10. The molecule has 53 heavy (non-hydrogen) atoms. The van der Waals surface area contributed by atoms with Gasteiger partial charge in [-0.2, -0.15) is 0 Å². The third kappa shape index (κ3) is 13.6. The summed E-state index contributed by atoms with van der Waals surface area (Å²) >= 11 is 0. The highest BCUT2D eigenvalue weighted by Crippen LogP contribution is 2.37. The van der Waals surface area contributed by atoms with Gasteiger partial charge in [-0.15, -0.1) is 0 Å². The Morgan fingerprint density at radius 3 is 1.53 bits per heavy atom. The first kappa shape index (κ1) is 41.0. The van der Waals surface area contributed by atoms with Crippen LogP contribution in [0.4, 0.5) is 0 Å². The maximum atomic E-state index is 12.8. The van der Waals surface area contributed by atoms with Crippen LogP contribution in [-0.4, -0.2) is 57.5 Å². The normalized spacial score (nSPS) is 10.0. The van der Waals surface area contributed by atoms with Gasteiger partial charge >= 0.3 is 17.9 Å². The van der Waals surface area contributed by atoms with Gasteiger partial charge in [0.05, 0.1) is 5.56 Å². The van der Waals surface area contributed by atoms with E-state index >= 15 is 0 Å². The van der Waals surface area contributed by atoms with Gasteiger partial charge in [-0.1, -0.05) is 56.9 Å². The maximum absolute atomic E-state index is 12.8. The zero-order chi connectivity index (χ0) is 38.9. The highest BCUT2D eigenvalue weighted by molar-refractivity contribution is 5.90. The number of carbonyl (C=O) groups excluding carboxylic acids is 3. The number of benzene rings is 3. The van der Waals surface area contributed by atoms with Gasteiger partial charge in [-0.25, -0.2) is 14.4 Å². The Morgan fingerprint density at radius 2 is 1.02 bits per heavy atom. The second kappa shape index (κ2) is 20.4. The van der Waals surface area contributed by atoms with Crippen LogP contribution in [0.25, 0.3) is 11.1 Å². The molecule has 0 atom stereocenters. The SMILES string of the molecule is C=C(C)C(=C)OCCOc1cc(-c2ccc(OCCOC(=O)C(=C)C)cc2)c(OC(=O)C(=C)C)cc1C#Cc1ccc(OCCOC(=O)C(=C)C)cc1. The third-order valence-corrected chi connectivity index (χ3v) is 6.95. The fourth-order valence-corrected chi connectivity index (χ4v) is 4.05. The van der Waals surface area contributed by atoms with Crippen molar-refractivity contribution in [1.29, 1.82) is 0 Å². The lowest BCUT2D eigenvalue weighted by atomic mass is 10.0. The molecule has 0 spiro atoms. The Labute approximate surface area is 310 Å². The monoisotopic (exact) mass is 720 g/mol. The number of carbonyl (C=O) groups is 3. The minimum atomic E-state index is -0.611. The summed E-state index contributed by atoms with van der Waals surface area (Å²) in [4.78, 5) is 35.9. The molecule has 0 radical (unpaired) electrons. The summed E-state index contributed by atoms with van der Waals surface area (Å²) in [5.41, 5.74) is 3.89. The van der Waals surface area contributed by atoms with Crippen LogP contribution in [0.5, 0.6) is 23.0 Å². The highest BCUT2D eigenvalue weighted by Gasteiger charge is 2.17. The van der Waals surface area contributed by atoms with Crippen molar-refractivity contribution in [2.45, 2.75) is 27.7 Å². The second-order valence-corrected chi connectivity index (χ2v) is 11.7. The first-order valence-electron chi connectivity index (χ1n) is 16.5. The number of hydrogen-bond acceptors (Lipinski definition) is 10. The molecule has 0 amide bonds. The average Bonchev–Trinajstić information content (AvgIpc) is 3.13. The summed E-state index contributed by atoms with van der Waals surface area (Å²) in [6, 6.07) is 17.5. The van der Waals surface area contributed by atoms with Crippen LogP contribution in [0.15, 0.2) is 122 Å². The Kier molecular flexibility index (Phi) is 15.8. The molecule has 3 aromatic carbocycles. The molecule has 10 heteroatoms. The van der Waals surface area contributed by atoms with Crippen molar-refractivity contribution in [3.8, 4) is 46.0 Å². The molecular weight excluding hydrogens is 676 g/mol. The van der Waals surface area contributed by atoms with Gasteiger partial charge in [0, 0.05) is 33.9 Å². The van der Waals surface area contributed by atoms with E-state index in [1.807, 2.05) is 0 Å². The molecule has 0 unspecified atom stereocenters. The first-order chi connectivity index (χ1) is 25.2. The number of rotatable bonds is 19. The van der Waals surface area contributed by atoms with Crippen molar-refractivity contribution in [1.82, 2.24) is 0 Å². The molecule has 0 aliphatic rings. The molecule has 0 aliphatic heterocycles. The first-order valence-corrected chi connectivity index (χ1v) is 16.5. The molecule has 0 bridgehead atoms. The Hall–Kier alpha value is -6.47. The summed E-state index contributed by atoms with van der Waals surface area (Å²) < 4.78 is 39.1. The molecule has 0 fully saturated rings. The van der Waals surface area contributed by atoms with Crippen molar-refractivity contribution in [3.63, 3.8) is 0 Å². The lowest BCUT2D eigenvalue weighted by Crippen LogP contribution is -2.12. The fourth-order valence-electron chi connectivity index (χ4n) is 4.05. The van der Waals surface area contributed by atoms with Crippen molar-refractivity contribution < 1.29 is 47.5 Å². The summed E-state index contributed by atoms with van der Waals surface area (Å²) in [5.74, 6) is 6.90. The van der Waals surface area contributed by atoms with E-state index in [1.54, 1.807) is 88.4 Å². The molecule has 0 heterocycles. The van der Waals surface area contributed by atoms with Crippen LogP contribution >= 0.6 is 0 Å². The van der Waals surface area contributed by atoms with Gasteiger partial charge in [0.1, 0.15) is 68.4 Å². The predicted octanol–water partition coefficient (Wildman–Crippen LogP) is 7.72. The fraction of sp³-hybridized carbons (Fsp3) is 0.233. The smallest absolute Gasteiger partial charge is 0.338 e. The van der Waals surface area contributed by atoms with Crippen LogP contribution in [0.1, 0.15) is 38.8 Å². The molecule has 3 rings (SSSR count). The van der Waals surface area contributed by atoms with Gasteiger partial charge in [0.15, 0.2) is 0 Å². The molecule has 0 aliphatic carbocycles. The lowest BCUT2D eigenvalue weighted by Gasteiger charge is -2.16. The van der Waals surface area contributed by atoms with Crippen LogP contribution in [0.3, 0.4) is 0 Å². The van der Waals surface area contributed by atoms with Gasteiger partial charge in [0.2, 0.25) is 0 Å². The van der Waals surface area contributed by atoms with Gasteiger partial charge in [-0.3, -0.25) is 0 Å². The zero-order valence-corrected chi connectivity index (χ0v) is 30.6.